The van der Waals surface area contributed by atoms with Gasteiger partial charge in [-0.15, -0.1) is 0 Å². The minimum Gasteiger partial charge on any atom is -0.432 e. The molecule has 4 nitrogen and oxygen atoms in total. The van der Waals surface area contributed by atoms with Crippen LogP contribution in [0.25, 0.3) is 0 Å². The van der Waals surface area contributed by atoms with Crippen molar-refractivity contribution in [3.8, 4) is 0 Å². The van der Waals surface area contributed by atoms with E-state index in [1.807, 2.05) is 26.0 Å². The molecule has 16 heavy (non-hydrogen) atoms. The van der Waals surface area contributed by atoms with Crippen molar-refractivity contribution in [3.63, 3.8) is 0 Å². The molecule has 1 heterocycles. The lowest BCUT2D eigenvalue weighted by Crippen LogP contribution is -2.13. The molecule has 0 aliphatic carbocycles. The van der Waals surface area contributed by atoms with Crippen molar-refractivity contribution in [1.82, 2.24) is 4.98 Å². The summed E-state index contributed by atoms with van der Waals surface area (Å²) in [6.45, 7) is 3.89. The first-order chi connectivity index (χ1) is 7.66. The zero-order chi connectivity index (χ0) is 11.5. The van der Waals surface area contributed by atoms with Gasteiger partial charge in [0.1, 0.15) is 6.26 Å². The number of benzene rings is 1. The summed E-state index contributed by atoms with van der Waals surface area (Å²) in [6.07, 6.45) is 2.90. The maximum Gasteiger partial charge on any atom is 0.301 e. The summed E-state index contributed by atoms with van der Waals surface area (Å²) in [4.78, 5) is 15.7. The summed E-state index contributed by atoms with van der Waals surface area (Å²) in [5.41, 5.74) is 2.69. The summed E-state index contributed by atoms with van der Waals surface area (Å²) >= 11 is 0. The van der Waals surface area contributed by atoms with Crippen molar-refractivity contribution in [1.29, 1.82) is 0 Å². The molecular weight excluding hydrogens is 204 g/mol. The molecule has 1 aromatic heterocycles. The molecule has 2 aromatic rings. The van der Waals surface area contributed by atoms with Gasteiger partial charge in [0.2, 0.25) is 0 Å². The third-order valence-electron chi connectivity index (χ3n) is 2.28. The monoisotopic (exact) mass is 216 g/mol. The number of carbonyl (C=O) groups is 1. The van der Waals surface area contributed by atoms with Crippen LogP contribution in [0, 0.1) is 13.8 Å². The molecule has 0 unspecified atom stereocenters. The van der Waals surface area contributed by atoms with Crippen LogP contribution in [0.5, 0.6) is 0 Å². The Morgan fingerprint density at radius 1 is 1.38 bits per heavy atom. The van der Waals surface area contributed by atoms with E-state index in [2.05, 4.69) is 10.3 Å². The van der Waals surface area contributed by atoms with E-state index < -0.39 is 0 Å². The average Bonchev–Trinajstić information content (AvgIpc) is 2.70. The van der Waals surface area contributed by atoms with Gasteiger partial charge >= 0.3 is 6.01 Å². The van der Waals surface area contributed by atoms with Crippen LogP contribution in [0.1, 0.15) is 21.5 Å². The number of nitrogens with one attached hydrogen (secondary N) is 1. The van der Waals surface area contributed by atoms with E-state index in [0.29, 0.717) is 5.56 Å². The predicted molar refractivity (Wildman–Crippen MR) is 60.4 cm³/mol. The lowest BCUT2D eigenvalue weighted by Gasteiger charge is -2.05. The van der Waals surface area contributed by atoms with E-state index in [1.54, 1.807) is 6.07 Å². The number of aryl methyl sites for hydroxylation is 2. The molecule has 2 rings (SSSR count). The number of anilines is 1. The largest absolute Gasteiger partial charge is 0.432 e. The van der Waals surface area contributed by atoms with E-state index in [-0.39, 0.29) is 11.9 Å². The highest BCUT2D eigenvalue weighted by Crippen LogP contribution is 2.12. The smallest absolute Gasteiger partial charge is 0.301 e. The van der Waals surface area contributed by atoms with Gasteiger partial charge in [-0.2, -0.15) is 0 Å². The van der Waals surface area contributed by atoms with Gasteiger partial charge in [0.25, 0.3) is 5.91 Å². The molecule has 1 N–H and O–H groups in total. The zero-order valence-corrected chi connectivity index (χ0v) is 9.15. The molecule has 0 bridgehead atoms. The second-order valence-corrected chi connectivity index (χ2v) is 3.61. The summed E-state index contributed by atoms with van der Waals surface area (Å²) in [5, 5.41) is 2.58. The van der Waals surface area contributed by atoms with E-state index in [0.717, 1.165) is 11.1 Å². The van der Waals surface area contributed by atoms with Crippen LogP contribution in [0.15, 0.2) is 35.1 Å². The molecule has 0 saturated heterocycles. The summed E-state index contributed by atoms with van der Waals surface area (Å²) in [5.74, 6) is -0.208. The van der Waals surface area contributed by atoms with Crippen LogP contribution >= 0.6 is 0 Å². The second-order valence-electron chi connectivity index (χ2n) is 3.61. The van der Waals surface area contributed by atoms with Gasteiger partial charge in [-0.1, -0.05) is 17.7 Å². The number of carbonyl (C=O) groups excluding carboxylic acids is 1. The Balaban J connectivity index is 2.21. The van der Waals surface area contributed by atoms with Crippen molar-refractivity contribution < 1.29 is 9.21 Å². The van der Waals surface area contributed by atoms with Crippen molar-refractivity contribution in [3.05, 3.63) is 47.3 Å². The molecule has 0 fully saturated rings. The fourth-order valence-corrected chi connectivity index (χ4v) is 1.52. The Kier molecular flexibility index (Phi) is 2.72. The Bertz CT molecular complexity index is 504. The molecule has 82 valence electrons. The SMILES string of the molecule is Cc1ccc(C(=O)Nc2ncco2)c(C)c1. The Morgan fingerprint density at radius 3 is 2.81 bits per heavy atom. The normalized spacial score (nSPS) is 10.1. The van der Waals surface area contributed by atoms with E-state index in [9.17, 15) is 4.79 Å². The van der Waals surface area contributed by atoms with Crippen molar-refractivity contribution in [2.24, 2.45) is 0 Å². The third kappa shape index (κ3) is 2.11. The average molecular weight is 216 g/mol. The van der Waals surface area contributed by atoms with Crippen LogP contribution in [0.3, 0.4) is 0 Å². The number of oxazole rings is 1. The molecule has 0 atom stereocenters. The molecule has 0 radical (unpaired) electrons. The topological polar surface area (TPSA) is 55.1 Å². The van der Waals surface area contributed by atoms with Gasteiger partial charge in [-0.3, -0.25) is 10.1 Å². The zero-order valence-electron chi connectivity index (χ0n) is 9.15. The lowest BCUT2D eigenvalue weighted by molar-refractivity contribution is 0.102. The van der Waals surface area contributed by atoms with Gasteiger partial charge in [-0.05, 0) is 25.5 Å². The van der Waals surface area contributed by atoms with E-state index in [1.165, 1.54) is 12.5 Å². The van der Waals surface area contributed by atoms with Gasteiger partial charge in [0.15, 0.2) is 0 Å². The molecule has 0 spiro atoms. The molecule has 4 heteroatoms. The third-order valence-corrected chi connectivity index (χ3v) is 2.28. The minimum absolute atomic E-state index is 0.208. The molecular formula is C12H12N2O2. The highest BCUT2D eigenvalue weighted by molar-refractivity contribution is 6.04. The van der Waals surface area contributed by atoms with Crippen molar-refractivity contribution >= 4 is 11.9 Å². The molecule has 1 aromatic carbocycles. The second kappa shape index (κ2) is 4.18. The molecule has 0 aliphatic rings. The van der Waals surface area contributed by atoms with Crippen LogP contribution in [0.2, 0.25) is 0 Å². The lowest BCUT2D eigenvalue weighted by atomic mass is 10.1. The highest BCUT2D eigenvalue weighted by atomic mass is 16.4. The van der Waals surface area contributed by atoms with Crippen molar-refractivity contribution in [2.45, 2.75) is 13.8 Å². The van der Waals surface area contributed by atoms with Gasteiger partial charge in [0.05, 0.1) is 6.20 Å². The summed E-state index contributed by atoms with van der Waals surface area (Å²) < 4.78 is 4.95. The first kappa shape index (κ1) is 10.4. The van der Waals surface area contributed by atoms with Crippen LogP contribution in [-0.4, -0.2) is 10.9 Å². The van der Waals surface area contributed by atoms with E-state index >= 15 is 0 Å². The predicted octanol–water partition coefficient (Wildman–Crippen LogP) is 2.54. The maximum atomic E-state index is 11.8. The van der Waals surface area contributed by atoms with Crippen LogP contribution in [-0.2, 0) is 0 Å². The number of nitrogens with zero attached hydrogens (tertiary/aromatic N) is 1. The fourth-order valence-electron chi connectivity index (χ4n) is 1.52. The number of hydrogen-bond acceptors (Lipinski definition) is 3. The number of aromatic nitrogens is 1. The van der Waals surface area contributed by atoms with Gasteiger partial charge < -0.3 is 4.42 Å². The van der Waals surface area contributed by atoms with Crippen LogP contribution < -0.4 is 5.32 Å². The van der Waals surface area contributed by atoms with Crippen molar-refractivity contribution in [2.75, 3.05) is 5.32 Å². The molecule has 0 aliphatic heterocycles. The number of hydrogen-bond donors (Lipinski definition) is 1. The Hall–Kier alpha value is -2.10. The van der Waals surface area contributed by atoms with Crippen LogP contribution in [0.4, 0.5) is 6.01 Å². The summed E-state index contributed by atoms with van der Waals surface area (Å²) in [7, 11) is 0. The fraction of sp³-hybridized carbons (Fsp3) is 0.167. The first-order valence-corrected chi connectivity index (χ1v) is 4.95. The Labute approximate surface area is 93.3 Å². The minimum atomic E-state index is -0.208. The maximum absolute atomic E-state index is 11.8. The van der Waals surface area contributed by atoms with Gasteiger partial charge in [-0.25, -0.2) is 4.98 Å². The van der Waals surface area contributed by atoms with Gasteiger partial charge in [0, 0.05) is 5.56 Å². The first-order valence-electron chi connectivity index (χ1n) is 4.95. The standard InChI is InChI=1S/C12H12N2O2/c1-8-3-4-10(9(2)7-8)11(15)14-12-13-5-6-16-12/h3-7H,1-2H3,(H,13,14,15). The quantitative estimate of drug-likeness (QED) is 0.839. The Morgan fingerprint density at radius 2 is 2.19 bits per heavy atom. The molecule has 1 amide bonds. The van der Waals surface area contributed by atoms with E-state index in [4.69, 9.17) is 4.42 Å². The number of rotatable bonds is 2. The summed E-state index contributed by atoms with van der Waals surface area (Å²) in [6, 6.07) is 5.87. The molecule has 0 saturated carbocycles. The number of amides is 1. The highest BCUT2D eigenvalue weighted by Gasteiger charge is 2.10.